The zero-order valence-electron chi connectivity index (χ0n) is 13.6. The lowest BCUT2D eigenvalue weighted by molar-refractivity contribution is -0.125. The third-order valence-corrected chi connectivity index (χ3v) is 6.75. The minimum Gasteiger partial charge on any atom is -0.348 e. The van der Waals surface area contributed by atoms with Gasteiger partial charge < -0.3 is 9.80 Å². The van der Waals surface area contributed by atoms with Crippen molar-refractivity contribution in [3.63, 3.8) is 0 Å². The van der Waals surface area contributed by atoms with Crippen molar-refractivity contribution < 1.29 is 22.0 Å². The second-order valence-electron chi connectivity index (χ2n) is 6.17. The molecule has 10 heteroatoms. The van der Waals surface area contributed by atoms with Crippen LogP contribution in [0.4, 0.5) is 14.5 Å². The second-order valence-corrected chi connectivity index (χ2v) is 9.26. The SMILES string of the molecule is CN(C)C(=O)CSC1=N[C@H]2CS(=O)(=O)C[C@@H]2N1c1ccc(F)cc1F. The van der Waals surface area contributed by atoms with Crippen LogP contribution >= 0.6 is 11.8 Å². The average molecular weight is 389 g/mol. The molecule has 0 aliphatic carbocycles. The molecule has 1 fully saturated rings. The topological polar surface area (TPSA) is 70.0 Å². The first-order chi connectivity index (χ1) is 11.7. The summed E-state index contributed by atoms with van der Waals surface area (Å²) >= 11 is 1.12. The van der Waals surface area contributed by atoms with E-state index in [9.17, 15) is 22.0 Å². The number of rotatable bonds is 3. The van der Waals surface area contributed by atoms with E-state index >= 15 is 0 Å². The highest BCUT2D eigenvalue weighted by Gasteiger charge is 2.47. The van der Waals surface area contributed by atoms with Crippen LogP contribution in [0.5, 0.6) is 0 Å². The van der Waals surface area contributed by atoms with Crippen LogP contribution in [0.1, 0.15) is 0 Å². The number of carbonyl (C=O) groups excluding carboxylic acids is 1. The van der Waals surface area contributed by atoms with E-state index in [1.165, 1.54) is 15.9 Å². The molecule has 0 saturated carbocycles. The van der Waals surface area contributed by atoms with E-state index in [0.29, 0.717) is 5.17 Å². The Balaban J connectivity index is 1.93. The van der Waals surface area contributed by atoms with Gasteiger partial charge in [-0.2, -0.15) is 0 Å². The zero-order chi connectivity index (χ0) is 18.4. The number of nitrogens with zero attached hydrogens (tertiary/aromatic N) is 3. The van der Waals surface area contributed by atoms with Gasteiger partial charge in [-0.15, -0.1) is 0 Å². The van der Waals surface area contributed by atoms with Crippen molar-refractivity contribution in [3.8, 4) is 0 Å². The van der Waals surface area contributed by atoms with Crippen molar-refractivity contribution in [2.45, 2.75) is 12.1 Å². The molecule has 0 spiro atoms. The molecule has 2 aliphatic heterocycles. The summed E-state index contributed by atoms with van der Waals surface area (Å²) in [6, 6.07) is 2.08. The Morgan fingerprint density at radius 1 is 1.36 bits per heavy atom. The minimum atomic E-state index is -3.27. The number of hydrogen-bond acceptors (Lipinski definition) is 6. The number of amidine groups is 1. The fourth-order valence-electron chi connectivity index (χ4n) is 2.85. The van der Waals surface area contributed by atoms with Crippen LogP contribution < -0.4 is 4.90 Å². The van der Waals surface area contributed by atoms with Gasteiger partial charge in [0.2, 0.25) is 5.91 Å². The van der Waals surface area contributed by atoms with Crippen LogP contribution in [0.3, 0.4) is 0 Å². The molecule has 136 valence electrons. The Morgan fingerprint density at radius 2 is 2.08 bits per heavy atom. The highest BCUT2D eigenvalue weighted by molar-refractivity contribution is 8.14. The molecule has 1 amide bonds. The second kappa shape index (κ2) is 6.56. The van der Waals surface area contributed by atoms with Crippen molar-refractivity contribution >= 4 is 38.4 Å². The summed E-state index contributed by atoms with van der Waals surface area (Å²) in [4.78, 5) is 19.1. The number of amides is 1. The van der Waals surface area contributed by atoms with Gasteiger partial charge in [-0.1, -0.05) is 11.8 Å². The molecule has 2 aliphatic rings. The van der Waals surface area contributed by atoms with E-state index in [-0.39, 0.29) is 28.9 Å². The molecular formula is C15H17F2N3O3S2. The maximum atomic E-state index is 14.3. The van der Waals surface area contributed by atoms with Gasteiger partial charge in [0, 0.05) is 20.2 Å². The highest BCUT2D eigenvalue weighted by Crippen LogP contribution is 2.36. The number of fused-ring (bicyclic) bond motifs is 1. The van der Waals surface area contributed by atoms with E-state index in [1.807, 2.05) is 0 Å². The monoisotopic (exact) mass is 389 g/mol. The lowest BCUT2D eigenvalue weighted by atomic mass is 10.1. The van der Waals surface area contributed by atoms with Gasteiger partial charge in [0.05, 0.1) is 35.0 Å². The van der Waals surface area contributed by atoms with E-state index in [1.54, 1.807) is 14.1 Å². The first-order valence-electron chi connectivity index (χ1n) is 7.53. The molecule has 2 heterocycles. The number of thioether (sulfide) groups is 1. The van der Waals surface area contributed by atoms with Gasteiger partial charge >= 0.3 is 0 Å². The molecule has 6 nitrogen and oxygen atoms in total. The van der Waals surface area contributed by atoms with Crippen LogP contribution in [0, 0.1) is 11.6 Å². The Bertz CT molecular complexity index is 842. The fraction of sp³-hybridized carbons (Fsp3) is 0.467. The zero-order valence-corrected chi connectivity index (χ0v) is 15.3. The largest absolute Gasteiger partial charge is 0.348 e. The molecule has 0 bridgehead atoms. The molecule has 0 N–H and O–H groups in total. The standard InChI is InChI=1S/C15H17F2N3O3S2/c1-19(2)14(21)6-24-15-18-11-7-25(22,23)8-13(11)20(15)12-4-3-9(16)5-10(12)17/h3-5,11,13H,6-8H2,1-2H3/t11-,13-/m0/s1. The number of carbonyl (C=O) groups is 1. The van der Waals surface area contributed by atoms with Gasteiger partial charge in [-0.25, -0.2) is 17.2 Å². The van der Waals surface area contributed by atoms with E-state index in [0.717, 1.165) is 23.9 Å². The number of sulfone groups is 1. The Labute approximate surface area is 148 Å². The lowest BCUT2D eigenvalue weighted by Crippen LogP contribution is -2.40. The van der Waals surface area contributed by atoms with Crippen LogP contribution in [-0.4, -0.2) is 67.8 Å². The summed E-state index contributed by atoms with van der Waals surface area (Å²) in [5.41, 5.74) is 0.0644. The maximum Gasteiger partial charge on any atom is 0.232 e. The summed E-state index contributed by atoms with van der Waals surface area (Å²) in [7, 11) is -0.0191. The van der Waals surface area contributed by atoms with Crippen molar-refractivity contribution in [1.29, 1.82) is 0 Å². The smallest absolute Gasteiger partial charge is 0.232 e. The van der Waals surface area contributed by atoms with Crippen LogP contribution in [-0.2, 0) is 14.6 Å². The molecule has 2 atom stereocenters. The fourth-order valence-corrected chi connectivity index (χ4v) is 5.79. The van der Waals surface area contributed by atoms with Crippen molar-refractivity contribution in [1.82, 2.24) is 4.90 Å². The van der Waals surface area contributed by atoms with Gasteiger partial charge in [-0.3, -0.25) is 9.79 Å². The molecule has 0 radical (unpaired) electrons. The number of aliphatic imine (C=N–C) groups is 1. The van der Waals surface area contributed by atoms with Crippen LogP contribution in [0.15, 0.2) is 23.2 Å². The Morgan fingerprint density at radius 3 is 2.72 bits per heavy atom. The van der Waals surface area contributed by atoms with E-state index in [4.69, 9.17) is 0 Å². The summed E-state index contributed by atoms with van der Waals surface area (Å²) in [5.74, 6) is -1.82. The highest BCUT2D eigenvalue weighted by atomic mass is 32.2. The summed E-state index contributed by atoms with van der Waals surface area (Å²) in [5, 5.41) is 0.380. The van der Waals surface area contributed by atoms with Gasteiger partial charge in [0.1, 0.15) is 11.6 Å². The third-order valence-electron chi connectivity index (χ3n) is 4.10. The average Bonchev–Trinajstić information content (AvgIpc) is 2.96. The van der Waals surface area contributed by atoms with Gasteiger partial charge in [0.25, 0.3) is 0 Å². The molecular weight excluding hydrogens is 372 g/mol. The Hall–Kier alpha value is -1.68. The molecule has 0 unspecified atom stereocenters. The quantitative estimate of drug-likeness (QED) is 0.775. The third kappa shape index (κ3) is 3.64. The predicted octanol–water partition coefficient (Wildman–Crippen LogP) is 1.13. The number of hydrogen-bond donors (Lipinski definition) is 0. The molecule has 0 aromatic heterocycles. The van der Waals surface area contributed by atoms with E-state index in [2.05, 4.69) is 4.99 Å². The molecule has 3 rings (SSSR count). The molecule has 1 aromatic carbocycles. The first kappa shape index (κ1) is 18.1. The van der Waals surface area contributed by atoms with Crippen molar-refractivity contribution in [2.24, 2.45) is 4.99 Å². The Kier molecular flexibility index (Phi) is 4.76. The summed E-state index contributed by atoms with van der Waals surface area (Å²) in [6.45, 7) is 0. The first-order valence-corrected chi connectivity index (χ1v) is 10.3. The minimum absolute atomic E-state index is 0.0644. The summed E-state index contributed by atoms with van der Waals surface area (Å²) in [6.07, 6.45) is 0. The molecule has 25 heavy (non-hydrogen) atoms. The van der Waals surface area contributed by atoms with Crippen LogP contribution in [0.2, 0.25) is 0 Å². The normalized spacial score (nSPS) is 24.2. The van der Waals surface area contributed by atoms with Gasteiger partial charge in [0.15, 0.2) is 15.0 Å². The number of halogens is 2. The van der Waals surface area contributed by atoms with Crippen molar-refractivity contribution in [2.75, 3.05) is 36.3 Å². The van der Waals surface area contributed by atoms with Gasteiger partial charge in [-0.05, 0) is 12.1 Å². The molecule has 1 aromatic rings. The number of benzene rings is 1. The summed E-state index contributed by atoms with van der Waals surface area (Å²) < 4.78 is 51.3. The lowest BCUT2D eigenvalue weighted by Gasteiger charge is -2.27. The number of anilines is 1. The maximum absolute atomic E-state index is 14.3. The van der Waals surface area contributed by atoms with Crippen molar-refractivity contribution in [3.05, 3.63) is 29.8 Å². The van der Waals surface area contributed by atoms with Crippen LogP contribution in [0.25, 0.3) is 0 Å². The predicted molar refractivity (Wildman–Crippen MR) is 93.7 cm³/mol. The van der Waals surface area contributed by atoms with E-state index < -0.39 is 33.6 Å². The molecule has 1 saturated heterocycles.